The highest BCUT2D eigenvalue weighted by Gasteiger charge is 2.44. The van der Waals surface area contributed by atoms with Gasteiger partial charge in [0, 0.05) is 5.41 Å². The molecule has 0 spiro atoms. The highest BCUT2D eigenvalue weighted by molar-refractivity contribution is 4.95. The second-order valence-electron chi connectivity index (χ2n) is 5.26. The van der Waals surface area contributed by atoms with E-state index in [1.165, 1.54) is 0 Å². The molecular weight excluding hydrogens is 164 g/mol. The average Bonchev–Trinajstić information content (AvgIpc) is 2.10. The fraction of sp³-hybridized carbons (Fsp3) is 1.00. The smallest absolute Gasteiger partial charge is 0.0720 e. The minimum absolute atomic E-state index is 0.0673. The van der Waals surface area contributed by atoms with Gasteiger partial charge in [0.05, 0.1) is 12.2 Å². The molecule has 0 aromatic heterocycles. The minimum atomic E-state index is -0.645. The third-order valence-corrected chi connectivity index (χ3v) is 3.76. The van der Waals surface area contributed by atoms with Crippen LogP contribution in [0.4, 0.5) is 0 Å². The van der Waals surface area contributed by atoms with Gasteiger partial charge in [0.15, 0.2) is 0 Å². The molecule has 1 rings (SSSR count). The molecule has 1 saturated carbocycles. The molecule has 2 N–H and O–H groups in total. The summed E-state index contributed by atoms with van der Waals surface area (Å²) in [5.74, 6) is 0.731. The molecule has 0 aromatic rings. The number of rotatable bonds is 2. The molecule has 2 nitrogen and oxygen atoms in total. The third-order valence-electron chi connectivity index (χ3n) is 3.76. The van der Waals surface area contributed by atoms with Crippen molar-refractivity contribution in [1.29, 1.82) is 0 Å². The maximum absolute atomic E-state index is 10.4. The van der Waals surface area contributed by atoms with Crippen LogP contribution in [0, 0.1) is 11.3 Å². The zero-order valence-electron chi connectivity index (χ0n) is 9.01. The van der Waals surface area contributed by atoms with Crippen LogP contribution in [0.25, 0.3) is 0 Å². The predicted octanol–water partition coefficient (Wildman–Crippen LogP) is 1.95. The second-order valence-corrected chi connectivity index (χ2v) is 5.26. The van der Waals surface area contributed by atoms with Gasteiger partial charge in [0.1, 0.15) is 0 Å². The molecule has 2 heteroatoms. The molecule has 0 radical (unpaired) electrons. The van der Waals surface area contributed by atoms with Crippen molar-refractivity contribution in [3.05, 3.63) is 0 Å². The molecule has 0 atom stereocenters. The zero-order chi connectivity index (χ0) is 10.1. The fourth-order valence-electron chi connectivity index (χ4n) is 2.06. The molecule has 78 valence electrons. The molecule has 13 heavy (non-hydrogen) atoms. The first-order valence-corrected chi connectivity index (χ1v) is 5.24. The Morgan fingerprint density at radius 1 is 1.31 bits per heavy atom. The number of hydrogen-bond acceptors (Lipinski definition) is 2. The number of hydrogen-bond donors (Lipinski definition) is 2. The Morgan fingerprint density at radius 2 is 1.77 bits per heavy atom. The first-order valence-electron chi connectivity index (χ1n) is 5.24. The lowest BCUT2D eigenvalue weighted by molar-refractivity contribution is -0.118. The van der Waals surface area contributed by atoms with E-state index in [0.29, 0.717) is 0 Å². The molecule has 0 aromatic carbocycles. The van der Waals surface area contributed by atoms with Crippen molar-refractivity contribution < 1.29 is 10.2 Å². The summed E-state index contributed by atoms with van der Waals surface area (Å²) >= 11 is 0. The van der Waals surface area contributed by atoms with Gasteiger partial charge in [-0.2, -0.15) is 0 Å². The summed E-state index contributed by atoms with van der Waals surface area (Å²) in [6.45, 7) is 6.19. The predicted molar refractivity (Wildman–Crippen MR) is 53.4 cm³/mol. The zero-order valence-corrected chi connectivity index (χ0v) is 9.01. The lowest BCUT2D eigenvalue weighted by atomic mass is 9.66. The van der Waals surface area contributed by atoms with Gasteiger partial charge in [-0.05, 0) is 31.6 Å². The van der Waals surface area contributed by atoms with Crippen LogP contribution in [-0.2, 0) is 0 Å². The Balaban J connectivity index is 2.66. The summed E-state index contributed by atoms with van der Waals surface area (Å²) in [5, 5.41) is 19.6. The standard InChI is InChI=1S/C11H22O2/c1-9-4-6-11(13,7-5-9)10(2,3)8-12/h9,12-13H,4-8H2,1-3H3. The van der Waals surface area contributed by atoms with E-state index < -0.39 is 5.60 Å². The van der Waals surface area contributed by atoms with Gasteiger partial charge in [0.2, 0.25) is 0 Å². The molecule has 1 fully saturated rings. The van der Waals surface area contributed by atoms with Crippen molar-refractivity contribution in [1.82, 2.24) is 0 Å². The van der Waals surface area contributed by atoms with Gasteiger partial charge in [0.25, 0.3) is 0 Å². The Morgan fingerprint density at radius 3 is 2.15 bits per heavy atom. The van der Waals surface area contributed by atoms with Crippen LogP contribution in [0.15, 0.2) is 0 Å². The molecule has 0 aliphatic heterocycles. The number of aliphatic hydroxyl groups is 2. The first kappa shape index (κ1) is 11.0. The van der Waals surface area contributed by atoms with Crippen molar-refractivity contribution in [2.24, 2.45) is 11.3 Å². The Hall–Kier alpha value is -0.0800. The van der Waals surface area contributed by atoms with E-state index in [0.717, 1.165) is 31.6 Å². The monoisotopic (exact) mass is 186 g/mol. The summed E-state index contributed by atoms with van der Waals surface area (Å²) in [5.41, 5.74) is -0.999. The summed E-state index contributed by atoms with van der Waals surface area (Å²) in [7, 11) is 0. The van der Waals surface area contributed by atoms with Crippen LogP contribution in [0.2, 0.25) is 0 Å². The van der Waals surface area contributed by atoms with Crippen LogP contribution in [-0.4, -0.2) is 22.4 Å². The van der Waals surface area contributed by atoms with E-state index in [1.807, 2.05) is 13.8 Å². The normalized spacial score (nSPS) is 36.2. The van der Waals surface area contributed by atoms with Crippen molar-refractivity contribution in [2.45, 2.75) is 52.1 Å². The van der Waals surface area contributed by atoms with E-state index in [1.54, 1.807) is 0 Å². The lowest BCUT2D eigenvalue weighted by Gasteiger charge is -2.45. The average molecular weight is 186 g/mol. The molecule has 0 heterocycles. The van der Waals surface area contributed by atoms with Gasteiger partial charge in [-0.25, -0.2) is 0 Å². The molecule has 0 bridgehead atoms. The maximum atomic E-state index is 10.4. The van der Waals surface area contributed by atoms with Gasteiger partial charge < -0.3 is 10.2 Å². The Kier molecular flexibility index (Phi) is 3.03. The molecule has 0 unspecified atom stereocenters. The molecule has 1 aliphatic carbocycles. The van der Waals surface area contributed by atoms with E-state index >= 15 is 0 Å². The highest BCUT2D eigenvalue weighted by atomic mass is 16.3. The lowest BCUT2D eigenvalue weighted by Crippen LogP contribution is -2.49. The molecule has 1 aliphatic rings. The quantitative estimate of drug-likeness (QED) is 0.692. The maximum Gasteiger partial charge on any atom is 0.0720 e. The Labute approximate surface area is 81.0 Å². The summed E-state index contributed by atoms with van der Waals surface area (Å²) in [6, 6.07) is 0. The fourth-order valence-corrected chi connectivity index (χ4v) is 2.06. The van der Waals surface area contributed by atoms with E-state index in [4.69, 9.17) is 0 Å². The van der Waals surface area contributed by atoms with Crippen LogP contribution in [0.5, 0.6) is 0 Å². The van der Waals surface area contributed by atoms with Crippen molar-refractivity contribution >= 4 is 0 Å². The largest absolute Gasteiger partial charge is 0.396 e. The minimum Gasteiger partial charge on any atom is -0.396 e. The highest BCUT2D eigenvalue weighted by Crippen LogP contribution is 2.43. The van der Waals surface area contributed by atoms with Crippen molar-refractivity contribution in [2.75, 3.05) is 6.61 Å². The summed E-state index contributed by atoms with van der Waals surface area (Å²) < 4.78 is 0. The molecule has 0 amide bonds. The van der Waals surface area contributed by atoms with Crippen molar-refractivity contribution in [3.8, 4) is 0 Å². The van der Waals surface area contributed by atoms with Gasteiger partial charge in [-0.15, -0.1) is 0 Å². The first-order chi connectivity index (χ1) is 5.91. The number of aliphatic hydroxyl groups excluding tert-OH is 1. The second kappa shape index (κ2) is 3.58. The van der Waals surface area contributed by atoms with E-state index in [2.05, 4.69) is 6.92 Å². The van der Waals surface area contributed by atoms with Crippen LogP contribution in [0.3, 0.4) is 0 Å². The SMILES string of the molecule is CC1CCC(O)(C(C)(C)CO)CC1. The summed E-state index contributed by atoms with van der Waals surface area (Å²) in [4.78, 5) is 0. The van der Waals surface area contributed by atoms with Crippen LogP contribution >= 0.6 is 0 Å². The van der Waals surface area contributed by atoms with Gasteiger partial charge in [-0.1, -0.05) is 20.8 Å². The van der Waals surface area contributed by atoms with E-state index in [9.17, 15) is 10.2 Å². The van der Waals surface area contributed by atoms with E-state index in [-0.39, 0.29) is 12.0 Å². The van der Waals surface area contributed by atoms with Crippen LogP contribution in [0.1, 0.15) is 46.5 Å². The van der Waals surface area contributed by atoms with Gasteiger partial charge in [-0.3, -0.25) is 0 Å². The topological polar surface area (TPSA) is 40.5 Å². The Bertz CT molecular complexity index is 167. The molecule has 0 saturated heterocycles. The van der Waals surface area contributed by atoms with Crippen molar-refractivity contribution in [3.63, 3.8) is 0 Å². The van der Waals surface area contributed by atoms with Crippen LogP contribution < -0.4 is 0 Å². The molecular formula is C11H22O2. The summed E-state index contributed by atoms with van der Waals surface area (Å²) in [6.07, 6.45) is 3.84. The third kappa shape index (κ3) is 2.05. The van der Waals surface area contributed by atoms with Gasteiger partial charge >= 0.3 is 0 Å².